The lowest BCUT2D eigenvalue weighted by molar-refractivity contribution is 0.516. The number of hydrogen-bond donors (Lipinski definition) is 1. The molecule has 0 fully saturated rings. The standard InChI is InChI=1S/C15H19ClFN3/c1-9(2)20-11(4)15(10(3)19-20)18-8-12-5-6-14(17)13(16)7-12/h5-7,9,18H,8H2,1-4H3. The van der Waals surface area contributed by atoms with Crippen molar-refractivity contribution in [2.24, 2.45) is 0 Å². The Balaban J connectivity index is 2.16. The summed E-state index contributed by atoms with van der Waals surface area (Å²) >= 11 is 5.78. The Morgan fingerprint density at radius 2 is 2.05 bits per heavy atom. The van der Waals surface area contributed by atoms with Crippen molar-refractivity contribution in [2.75, 3.05) is 5.32 Å². The highest BCUT2D eigenvalue weighted by Gasteiger charge is 2.13. The summed E-state index contributed by atoms with van der Waals surface area (Å²) in [5.41, 5.74) is 4.03. The van der Waals surface area contributed by atoms with Crippen LogP contribution in [0.5, 0.6) is 0 Å². The quantitative estimate of drug-likeness (QED) is 0.901. The van der Waals surface area contributed by atoms with Crippen molar-refractivity contribution in [2.45, 2.75) is 40.3 Å². The van der Waals surface area contributed by atoms with Gasteiger partial charge in [0.15, 0.2) is 0 Å². The summed E-state index contributed by atoms with van der Waals surface area (Å²) in [5.74, 6) is -0.393. The molecule has 2 aromatic rings. The van der Waals surface area contributed by atoms with Crippen LogP contribution in [0.25, 0.3) is 0 Å². The number of hydrogen-bond acceptors (Lipinski definition) is 2. The van der Waals surface area contributed by atoms with Crippen molar-refractivity contribution in [3.05, 3.63) is 46.0 Å². The molecule has 0 bridgehead atoms. The fourth-order valence-electron chi connectivity index (χ4n) is 2.26. The fraction of sp³-hybridized carbons (Fsp3) is 0.400. The van der Waals surface area contributed by atoms with Gasteiger partial charge in [-0.15, -0.1) is 0 Å². The zero-order valence-corrected chi connectivity index (χ0v) is 12.9. The molecule has 0 unspecified atom stereocenters. The summed E-state index contributed by atoms with van der Waals surface area (Å²) in [7, 11) is 0. The third-order valence-corrected chi connectivity index (χ3v) is 3.56. The highest BCUT2D eigenvalue weighted by atomic mass is 35.5. The van der Waals surface area contributed by atoms with Gasteiger partial charge in [0.1, 0.15) is 5.82 Å². The Labute approximate surface area is 123 Å². The highest BCUT2D eigenvalue weighted by molar-refractivity contribution is 6.30. The van der Waals surface area contributed by atoms with Crippen LogP contribution in [0.2, 0.25) is 5.02 Å². The van der Waals surface area contributed by atoms with Gasteiger partial charge in [-0.2, -0.15) is 5.10 Å². The molecule has 20 heavy (non-hydrogen) atoms. The molecule has 0 aliphatic heterocycles. The Bertz CT molecular complexity index is 620. The molecule has 0 spiro atoms. The van der Waals surface area contributed by atoms with Gasteiger partial charge in [0.05, 0.1) is 22.1 Å². The van der Waals surface area contributed by atoms with Crippen molar-refractivity contribution >= 4 is 17.3 Å². The Hall–Kier alpha value is -1.55. The molecule has 1 aromatic heterocycles. The van der Waals surface area contributed by atoms with Gasteiger partial charge >= 0.3 is 0 Å². The molecule has 2 rings (SSSR count). The number of nitrogens with one attached hydrogen (secondary N) is 1. The second-order valence-electron chi connectivity index (χ2n) is 5.19. The van der Waals surface area contributed by atoms with E-state index in [0.29, 0.717) is 12.6 Å². The minimum atomic E-state index is -0.393. The molecule has 1 heterocycles. The van der Waals surface area contributed by atoms with Crippen LogP contribution in [-0.4, -0.2) is 9.78 Å². The average Bonchev–Trinajstić information content (AvgIpc) is 2.67. The molecule has 0 saturated carbocycles. The first-order chi connectivity index (χ1) is 9.40. The van der Waals surface area contributed by atoms with Crippen LogP contribution in [0.3, 0.4) is 0 Å². The van der Waals surface area contributed by atoms with Gasteiger partial charge in [0, 0.05) is 12.6 Å². The van der Waals surface area contributed by atoms with E-state index in [9.17, 15) is 4.39 Å². The van der Waals surface area contributed by atoms with E-state index in [4.69, 9.17) is 11.6 Å². The maximum atomic E-state index is 13.1. The van der Waals surface area contributed by atoms with Gasteiger partial charge in [-0.25, -0.2) is 4.39 Å². The number of rotatable bonds is 4. The van der Waals surface area contributed by atoms with E-state index in [1.165, 1.54) is 6.07 Å². The maximum absolute atomic E-state index is 13.1. The van der Waals surface area contributed by atoms with Gasteiger partial charge in [0.25, 0.3) is 0 Å². The van der Waals surface area contributed by atoms with E-state index < -0.39 is 5.82 Å². The number of aromatic nitrogens is 2. The number of benzene rings is 1. The molecule has 108 valence electrons. The van der Waals surface area contributed by atoms with Crippen molar-refractivity contribution in [1.29, 1.82) is 0 Å². The normalized spacial score (nSPS) is 11.2. The third-order valence-electron chi connectivity index (χ3n) is 3.27. The molecule has 0 amide bonds. The summed E-state index contributed by atoms with van der Waals surface area (Å²) in [5, 5.41) is 8.03. The highest BCUT2D eigenvalue weighted by Crippen LogP contribution is 2.23. The molecule has 1 N–H and O–H groups in total. The van der Waals surface area contributed by atoms with Crippen LogP contribution in [0.4, 0.5) is 10.1 Å². The summed E-state index contributed by atoms with van der Waals surface area (Å²) in [4.78, 5) is 0. The lowest BCUT2D eigenvalue weighted by atomic mass is 10.2. The van der Waals surface area contributed by atoms with Crippen LogP contribution >= 0.6 is 11.6 Å². The molecule has 1 aromatic carbocycles. The Morgan fingerprint density at radius 1 is 1.35 bits per heavy atom. The van der Waals surface area contributed by atoms with Gasteiger partial charge < -0.3 is 5.32 Å². The average molecular weight is 296 g/mol. The minimum absolute atomic E-state index is 0.149. The Morgan fingerprint density at radius 3 is 2.60 bits per heavy atom. The molecule has 0 atom stereocenters. The van der Waals surface area contributed by atoms with Crippen LogP contribution in [0, 0.1) is 19.7 Å². The van der Waals surface area contributed by atoms with E-state index in [0.717, 1.165) is 22.6 Å². The summed E-state index contributed by atoms with van der Waals surface area (Å²) in [6, 6.07) is 5.08. The van der Waals surface area contributed by atoms with Crippen LogP contribution in [0.1, 0.15) is 36.8 Å². The lowest BCUT2D eigenvalue weighted by Gasteiger charge is -2.10. The smallest absolute Gasteiger partial charge is 0.141 e. The van der Waals surface area contributed by atoms with Crippen molar-refractivity contribution in [3.63, 3.8) is 0 Å². The molecule has 0 aliphatic rings. The van der Waals surface area contributed by atoms with E-state index in [-0.39, 0.29) is 5.02 Å². The van der Waals surface area contributed by atoms with Crippen molar-refractivity contribution in [1.82, 2.24) is 9.78 Å². The maximum Gasteiger partial charge on any atom is 0.141 e. The van der Waals surface area contributed by atoms with Crippen molar-refractivity contribution < 1.29 is 4.39 Å². The molecular weight excluding hydrogens is 277 g/mol. The second-order valence-corrected chi connectivity index (χ2v) is 5.59. The Kier molecular flexibility index (Phi) is 4.33. The monoisotopic (exact) mass is 295 g/mol. The largest absolute Gasteiger partial charge is 0.378 e. The summed E-state index contributed by atoms with van der Waals surface area (Å²) < 4.78 is 15.1. The molecular formula is C15H19ClFN3. The van der Waals surface area contributed by atoms with Crippen LogP contribution < -0.4 is 5.32 Å². The fourth-order valence-corrected chi connectivity index (χ4v) is 2.46. The second kappa shape index (κ2) is 5.83. The molecule has 0 aliphatic carbocycles. The SMILES string of the molecule is Cc1nn(C(C)C)c(C)c1NCc1ccc(F)c(Cl)c1. The topological polar surface area (TPSA) is 29.9 Å². The predicted octanol–water partition coefficient (Wildman–Crippen LogP) is 4.49. The molecule has 0 saturated heterocycles. The van der Waals surface area contributed by atoms with Gasteiger partial charge in [-0.05, 0) is 45.4 Å². The first-order valence-electron chi connectivity index (χ1n) is 6.63. The van der Waals surface area contributed by atoms with E-state index in [1.54, 1.807) is 12.1 Å². The lowest BCUT2D eigenvalue weighted by Crippen LogP contribution is -2.06. The first-order valence-corrected chi connectivity index (χ1v) is 7.01. The van der Waals surface area contributed by atoms with E-state index in [2.05, 4.69) is 24.3 Å². The third kappa shape index (κ3) is 2.96. The first kappa shape index (κ1) is 14.9. The van der Waals surface area contributed by atoms with Crippen LogP contribution in [0.15, 0.2) is 18.2 Å². The summed E-state index contributed by atoms with van der Waals surface area (Å²) in [6.45, 7) is 8.81. The number of nitrogens with zero attached hydrogens (tertiary/aromatic N) is 2. The number of halogens is 2. The van der Waals surface area contributed by atoms with Gasteiger partial charge in [-0.1, -0.05) is 17.7 Å². The molecule has 0 radical (unpaired) electrons. The number of anilines is 1. The zero-order chi connectivity index (χ0) is 14.9. The van der Waals surface area contributed by atoms with E-state index >= 15 is 0 Å². The molecule has 3 nitrogen and oxygen atoms in total. The molecule has 5 heteroatoms. The zero-order valence-electron chi connectivity index (χ0n) is 12.2. The number of aryl methyl sites for hydroxylation is 1. The van der Waals surface area contributed by atoms with Gasteiger partial charge in [0.2, 0.25) is 0 Å². The van der Waals surface area contributed by atoms with E-state index in [1.807, 2.05) is 18.5 Å². The predicted molar refractivity (Wildman–Crippen MR) is 80.8 cm³/mol. The van der Waals surface area contributed by atoms with Gasteiger partial charge in [-0.3, -0.25) is 4.68 Å². The minimum Gasteiger partial charge on any atom is -0.378 e. The van der Waals surface area contributed by atoms with Crippen molar-refractivity contribution in [3.8, 4) is 0 Å². The van der Waals surface area contributed by atoms with Crippen LogP contribution in [-0.2, 0) is 6.54 Å². The summed E-state index contributed by atoms with van der Waals surface area (Å²) in [6.07, 6.45) is 0.